The highest BCUT2D eigenvalue weighted by molar-refractivity contribution is 9.10. The summed E-state index contributed by atoms with van der Waals surface area (Å²) in [5, 5.41) is 11.7. The molecule has 1 heterocycles. The molecule has 0 saturated carbocycles. The van der Waals surface area contributed by atoms with Gasteiger partial charge in [0, 0.05) is 23.8 Å². The van der Waals surface area contributed by atoms with Gasteiger partial charge in [0.2, 0.25) is 0 Å². The average molecular weight is 245 g/mol. The Morgan fingerprint density at radius 2 is 2.38 bits per heavy atom. The molecule has 0 aliphatic heterocycles. The molecule has 0 bridgehead atoms. The van der Waals surface area contributed by atoms with E-state index in [2.05, 4.69) is 26.2 Å². The SMILES string of the molecule is Cc1cc(Br)cnc1NCCCO. The number of aliphatic hydroxyl groups is 1. The molecule has 2 N–H and O–H groups in total. The zero-order valence-corrected chi connectivity index (χ0v) is 9.13. The van der Waals surface area contributed by atoms with Crippen LogP contribution in [0, 0.1) is 6.92 Å². The third-order valence-electron chi connectivity index (χ3n) is 1.67. The van der Waals surface area contributed by atoms with Gasteiger partial charge in [-0.15, -0.1) is 0 Å². The van der Waals surface area contributed by atoms with E-state index in [0.29, 0.717) is 0 Å². The van der Waals surface area contributed by atoms with Crippen molar-refractivity contribution in [2.45, 2.75) is 13.3 Å². The van der Waals surface area contributed by atoms with Gasteiger partial charge in [0.15, 0.2) is 0 Å². The number of anilines is 1. The van der Waals surface area contributed by atoms with Crippen molar-refractivity contribution in [3.8, 4) is 0 Å². The molecule has 0 aliphatic rings. The van der Waals surface area contributed by atoms with Gasteiger partial charge in [-0.2, -0.15) is 0 Å². The van der Waals surface area contributed by atoms with Gasteiger partial charge < -0.3 is 10.4 Å². The smallest absolute Gasteiger partial charge is 0.128 e. The first-order chi connectivity index (χ1) is 6.24. The van der Waals surface area contributed by atoms with Crippen molar-refractivity contribution in [3.63, 3.8) is 0 Å². The number of aliphatic hydroxyl groups excluding tert-OH is 1. The van der Waals surface area contributed by atoms with Gasteiger partial charge in [-0.3, -0.25) is 0 Å². The Hall–Kier alpha value is -0.610. The highest BCUT2D eigenvalue weighted by Crippen LogP contribution is 2.16. The summed E-state index contributed by atoms with van der Waals surface area (Å²) in [4.78, 5) is 4.21. The highest BCUT2D eigenvalue weighted by atomic mass is 79.9. The van der Waals surface area contributed by atoms with E-state index in [4.69, 9.17) is 5.11 Å². The zero-order valence-electron chi connectivity index (χ0n) is 7.55. The first kappa shape index (κ1) is 10.5. The van der Waals surface area contributed by atoms with E-state index < -0.39 is 0 Å². The topological polar surface area (TPSA) is 45.2 Å². The summed E-state index contributed by atoms with van der Waals surface area (Å²) < 4.78 is 0.984. The van der Waals surface area contributed by atoms with Gasteiger partial charge in [-0.25, -0.2) is 4.98 Å². The molecule has 13 heavy (non-hydrogen) atoms. The quantitative estimate of drug-likeness (QED) is 0.797. The van der Waals surface area contributed by atoms with Crippen molar-refractivity contribution >= 4 is 21.7 Å². The standard InChI is InChI=1S/C9H13BrN2O/c1-7-5-8(10)6-12-9(7)11-3-2-4-13/h5-6,13H,2-4H2,1H3,(H,11,12). The van der Waals surface area contributed by atoms with Crippen molar-refractivity contribution in [1.82, 2.24) is 4.98 Å². The van der Waals surface area contributed by atoms with Gasteiger partial charge in [-0.1, -0.05) is 0 Å². The van der Waals surface area contributed by atoms with Crippen molar-refractivity contribution < 1.29 is 5.11 Å². The number of nitrogens with zero attached hydrogens (tertiary/aromatic N) is 1. The second-order valence-corrected chi connectivity index (χ2v) is 3.74. The van der Waals surface area contributed by atoms with Crippen LogP contribution in [0.5, 0.6) is 0 Å². The number of aryl methyl sites for hydroxylation is 1. The number of pyridine rings is 1. The minimum atomic E-state index is 0.211. The Kier molecular flexibility index (Phi) is 4.18. The Morgan fingerprint density at radius 3 is 3.00 bits per heavy atom. The number of rotatable bonds is 4. The maximum absolute atomic E-state index is 8.59. The van der Waals surface area contributed by atoms with Crippen LogP contribution in [0.25, 0.3) is 0 Å². The van der Waals surface area contributed by atoms with E-state index in [-0.39, 0.29) is 6.61 Å². The highest BCUT2D eigenvalue weighted by Gasteiger charge is 1.98. The summed E-state index contributed by atoms with van der Waals surface area (Å²) in [6.07, 6.45) is 2.51. The molecular formula is C9H13BrN2O. The van der Waals surface area contributed by atoms with Crippen LogP contribution in [0.4, 0.5) is 5.82 Å². The van der Waals surface area contributed by atoms with Crippen LogP contribution in [0.1, 0.15) is 12.0 Å². The summed E-state index contributed by atoms with van der Waals surface area (Å²) in [7, 11) is 0. The van der Waals surface area contributed by atoms with E-state index in [0.717, 1.165) is 28.8 Å². The molecule has 0 spiro atoms. The molecule has 0 saturated heterocycles. The lowest BCUT2D eigenvalue weighted by molar-refractivity contribution is 0.292. The van der Waals surface area contributed by atoms with Crippen LogP contribution in [0.15, 0.2) is 16.7 Å². The fourth-order valence-corrected chi connectivity index (χ4v) is 1.46. The Balaban J connectivity index is 2.56. The summed E-state index contributed by atoms with van der Waals surface area (Å²) in [5.74, 6) is 0.886. The zero-order chi connectivity index (χ0) is 9.68. The molecule has 3 nitrogen and oxygen atoms in total. The van der Waals surface area contributed by atoms with E-state index in [9.17, 15) is 0 Å². The van der Waals surface area contributed by atoms with Gasteiger partial charge in [0.05, 0.1) is 0 Å². The fourth-order valence-electron chi connectivity index (χ4n) is 1.01. The number of halogens is 1. The minimum absolute atomic E-state index is 0.211. The molecule has 0 atom stereocenters. The summed E-state index contributed by atoms with van der Waals surface area (Å²) >= 11 is 3.35. The monoisotopic (exact) mass is 244 g/mol. The lowest BCUT2D eigenvalue weighted by Gasteiger charge is -2.07. The molecule has 1 aromatic heterocycles. The molecule has 1 rings (SSSR count). The molecule has 0 aromatic carbocycles. The molecule has 1 aromatic rings. The number of nitrogens with one attached hydrogen (secondary N) is 1. The minimum Gasteiger partial charge on any atom is -0.396 e. The lowest BCUT2D eigenvalue weighted by atomic mass is 10.3. The first-order valence-electron chi connectivity index (χ1n) is 4.21. The molecule has 72 valence electrons. The van der Waals surface area contributed by atoms with E-state index in [1.54, 1.807) is 6.20 Å². The Morgan fingerprint density at radius 1 is 1.62 bits per heavy atom. The summed E-state index contributed by atoms with van der Waals surface area (Å²) in [5.41, 5.74) is 1.10. The lowest BCUT2D eigenvalue weighted by Crippen LogP contribution is -2.06. The van der Waals surface area contributed by atoms with Gasteiger partial charge >= 0.3 is 0 Å². The maximum atomic E-state index is 8.59. The second kappa shape index (κ2) is 5.19. The third kappa shape index (κ3) is 3.32. The fraction of sp³-hybridized carbons (Fsp3) is 0.444. The molecule has 0 amide bonds. The molecular weight excluding hydrogens is 232 g/mol. The molecule has 0 aliphatic carbocycles. The van der Waals surface area contributed by atoms with Crippen LogP contribution in [0.2, 0.25) is 0 Å². The summed E-state index contributed by atoms with van der Waals surface area (Å²) in [6.45, 7) is 2.97. The van der Waals surface area contributed by atoms with Gasteiger partial charge in [0.25, 0.3) is 0 Å². The van der Waals surface area contributed by atoms with E-state index in [1.807, 2.05) is 13.0 Å². The van der Waals surface area contributed by atoms with Crippen LogP contribution in [-0.4, -0.2) is 23.2 Å². The average Bonchev–Trinajstić information content (AvgIpc) is 2.09. The predicted octanol–water partition coefficient (Wildman–Crippen LogP) is 1.95. The molecule has 0 unspecified atom stereocenters. The van der Waals surface area contributed by atoms with E-state index >= 15 is 0 Å². The first-order valence-corrected chi connectivity index (χ1v) is 5.00. The van der Waals surface area contributed by atoms with Gasteiger partial charge in [-0.05, 0) is 40.9 Å². The van der Waals surface area contributed by atoms with Crippen molar-refractivity contribution in [3.05, 3.63) is 22.3 Å². The van der Waals surface area contributed by atoms with Crippen LogP contribution < -0.4 is 5.32 Å². The Labute approximate surface area is 86.3 Å². The summed E-state index contributed by atoms with van der Waals surface area (Å²) in [6, 6.07) is 2.01. The molecule has 0 radical (unpaired) electrons. The normalized spacial score (nSPS) is 10.1. The number of hydrogen-bond donors (Lipinski definition) is 2. The van der Waals surface area contributed by atoms with Gasteiger partial charge in [0.1, 0.15) is 5.82 Å². The van der Waals surface area contributed by atoms with Crippen LogP contribution in [-0.2, 0) is 0 Å². The largest absolute Gasteiger partial charge is 0.396 e. The van der Waals surface area contributed by atoms with Crippen molar-refractivity contribution in [2.24, 2.45) is 0 Å². The van der Waals surface area contributed by atoms with Crippen LogP contribution in [0.3, 0.4) is 0 Å². The molecule has 4 heteroatoms. The Bertz CT molecular complexity index is 278. The van der Waals surface area contributed by atoms with Crippen LogP contribution >= 0.6 is 15.9 Å². The predicted molar refractivity (Wildman–Crippen MR) is 56.9 cm³/mol. The second-order valence-electron chi connectivity index (χ2n) is 2.82. The number of hydrogen-bond acceptors (Lipinski definition) is 3. The molecule has 0 fully saturated rings. The van der Waals surface area contributed by atoms with E-state index in [1.165, 1.54) is 0 Å². The van der Waals surface area contributed by atoms with Crippen molar-refractivity contribution in [1.29, 1.82) is 0 Å². The number of aromatic nitrogens is 1. The maximum Gasteiger partial charge on any atom is 0.128 e. The third-order valence-corrected chi connectivity index (χ3v) is 2.11. The van der Waals surface area contributed by atoms with Crippen molar-refractivity contribution in [2.75, 3.05) is 18.5 Å².